The highest BCUT2D eigenvalue weighted by Crippen LogP contribution is 2.11. The van der Waals surface area contributed by atoms with Crippen molar-refractivity contribution in [3.8, 4) is 0 Å². The zero-order valence-electron chi connectivity index (χ0n) is 10.8. The summed E-state index contributed by atoms with van der Waals surface area (Å²) in [5.74, 6) is 0.251. The number of benzene rings is 1. The van der Waals surface area contributed by atoms with Crippen molar-refractivity contribution in [1.29, 1.82) is 0 Å². The average molecular weight is 256 g/mol. The topological polar surface area (TPSA) is 32.3 Å². The quantitative estimate of drug-likeness (QED) is 0.793. The van der Waals surface area contributed by atoms with Gasteiger partial charge in [-0.1, -0.05) is 30.3 Å². The van der Waals surface area contributed by atoms with Gasteiger partial charge < -0.3 is 10.4 Å². The Morgan fingerprint density at radius 1 is 1.24 bits per heavy atom. The second-order valence-corrected chi connectivity index (χ2v) is 5.72. The molecule has 0 heterocycles. The molecule has 2 atom stereocenters. The molecular formula is C14H22ClNO. The zero-order valence-corrected chi connectivity index (χ0v) is 11.5. The van der Waals surface area contributed by atoms with Crippen LogP contribution in [-0.2, 0) is 6.42 Å². The fourth-order valence-corrected chi connectivity index (χ4v) is 2.03. The molecule has 0 aliphatic heterocycles. The van der Waals surface area contributed by atoms with Gasteiger partial charge in [0.2, 0.25) is 0 Å². The van der Waals surface area contributed by atoms with Gasteiger partial charge in [0.05, 0.1) is 6.10 Å². The number of alkyl halides is 1. The summed E-state index contributed by atoms with van der Waals surface area (Å²) in [6.45, 7) is 6.27. The first kappa shape index (κ1) is 14.5. The molecule has 1 rings (SSSR count). The maximum atomic E-state index is 9.95. The van der Waals surface area contributed by atoms with Crippen molar-refractivity contribution in [2.45, 2.75) is 44.9 Å². The molecule has 0 spiro atoms. The maximum absolute atomic E-state index is 9.95. The van der Waals surface area contributed by atoms with E-state index in [4.69, 9.17) is 11.6 Å². The van der Waals surface area contributed by atoms with Gasteiger partial charge in [-0.3, -0.25) is 0 Å². The zero-order chi connectivity index (χ0) is 12.9. The molecule has 0 bridgehead atoms. The second-order valence-electron chi connectivity index (χ2n) is 5.41. The van der Waals surface area contributed by atoms with E-state index in [0.717, 1.165) is 6.42 Å². The molecular weight excluding hydrogens is 234 g/mol. The van der Waals surface area contributed by atoms with Crippen molar-refractivity contribution < 1.29 is 5.11 Å². The lowest BCUT2D eigenvalue weighted by Gasteiger charge is -2.31. The van der Waals surface area contributed by atoms with Crippen molar-refractivity contribution in [3.63, 3.8) is 0 Å². The van der Waals surface area contributed by atoms with Gasteiger partial charge in [-0.05, 0) is 32.8 Å². The van der Waals surface area contributed by atoms with E-state index in [-0.39, 0.29) is 17.5 Å². The molecule has 0 aliphatic carbocycles. The van der Waals surface area contributed by atoms with E-state index in [1.807, 2.05) is 18.2 Å². The van der Waals surface area contributed by atoms with E-state index >= 15 is 0 Å². The molecule has 2 nitrogen and oxygen atoms in total. The number of hydrogen-bond acceptors (Lipinski definition) is 2. The fraction of sp³-hybridized carbons (Fsp3) is 0.571. The number of halogens is 1. The first-order valence-corrected chi connectivity index (χ1v) is 6.51. The minimum absolute atomic E-state index is 0.0186. The lowest BCUT2D eigenvalue weighted by Crippen LogP contribution is -2.51. The van der Waals surface area contributed by atoms with Crippen LogP contribution in [-0.4, -0.2) is 28.7 Å². The van der Waals surface area contributed by atoms with Gasteiger partial charge in [-0.15, -0.1) is 11.6 Å². The Morgan fingerprint density at radius 2 is 1.82 bits per heavy atom. The fourth-order valence-electron chi connectivity index (χ4n) is 1.82. The van der Waals surface area contributed by atoms with Gasteiger partial charge in [-0.25, -0.2) is 0 Å². The molecule has 96 valence electrons. The number of aliphatic hydroxyl groups is 1. The van der Waals surface area contributed by atoms with Gasteiger partial charge in [0.1, 0.15) is 0 Å². The average Bonchev–Trinajstić information content (AvgIpc) is 2.27. The van der Waals surface area contributed by atoms with E-state index in [1.54, 1.807) is 0 Å². The minimum atomic E-state index is -0.531. The lowest BCUT2D eigenvalue weighted by atomic mass is 9.98. The third kappa shape index (κ3) is 5.53. The molecule has 0 unspecified atom stereocenters. The Bertz CT molecular complexity index is 321. The van der Waals surface area contributed by atoms with Crippen molar-refractivity contribution in [2.75, 3.05) is 5.88 Å². The van der Waals surface area contributed by atoms with E-state index in [2.05, 4.69) is 38.2 Å². The Labute approximate surface area is 109 Å². The molecule has 3 heteroatoms. The van der Waals surface area contributed by atoms with E-state index < -0.39 is 6.10 Å². The van der Waals surface area contributed by atoms with Crippen molar-refractivity contribution in [2.24, 2.45) is 0 Å². The summed E-state index contributed by atoms with van der Waals surface area (Å²) < 4.78 is 0. The van der Waals surface area contributed by atoms with Crippen LogP contribution in [0.1, 0.15) is 26.3 Å². The van der Waals surface area contributed by atoms with Crippen molar-refractivity contribution in [3.05, 3.63) is 35.9 Å². The Balaban J connectivity index is 2.71. The van der Waals surface area contributed by atoms with Crippen LogP contribution in [0.25, 0.3) is 0 Å². The van der Waals surface area contributed by atoms with Gasteiger partial charge in [0.15, 0.2) is 0 Å². The Kier molecular flexibility index (Phi) is 5.44. The monoisotopic (exact) mass is 255 g/mol. The first-order chi connectivity index (χ1) is 7.92. The smallest absolute Gasteiger partial charge is 0.0831 e. The van der Waals surface area contributed by atoms with Crippen LogP contribution in [0, 0.1) is 0 Å². The summed E-state index contributed by atoms with van der Waals surface area (Å²) in [5, 5.41) is 13.4. The normalized spacial score (nSPS) is 15.6. The molecule has 2 N–H and O–H groups in total. The number of rotatable bonds is 5. The van der Waals surface area contributed by atoms with Gasteiger partial charge >= 0.3 is 0 Å². The van der Waals surface area contributed by atoms with Crippen LogP contribution in [0.15, 0.2) is 30.3 Å². The highest BCUT2D eigenvalue weighted by atomic mass is 35.5. The van der Waals surface area contributed by atoms with Crippen LogP contribution in [0.3, 0.4) is 0 Å². The van der Waals surface area contributed by atoms with Gasteiger partial charge in [0.25, 0.3) is 0 Å². The molecule has 0 fully saturated rings. The molecule has 0 aliphatic rings. The first-order valence-electron chi connectivity index (χ1n) is 5.98. The molecule has 1 aromatic rings. The Hall–Kier alpha value is -0.570. The standard InChI is InChI=1S/C14H22ClNO/c1-14(2,3)16-12(13(17)10-15)9-11-7-5-4-6-8-11/h4-8,12-13,16-17H,9-10H2,1-3H3/t12-,13-/m0/s1. The predicted octanol–water partition coefficient (Wildman–Crippen LogP) is 2.59. The number of nitrogens with one attached hydrogen (secondary N) is 1. The third-order valence-electron chi connectivity index (χ3n) is 2.54. The molecule has 1 aromatic carbocycles. The Morgan fingerprint density at radius 3 is 2.29 bits per heavy atom. The number of hydrogen-bond donors (Lipinski definition) is 2. The summed E-state index contributed by atoms with van der Waals surface area (Å²) in [5.41, 5.74) is 1.17. The summed E-state index contributed by atoms with van der Waals surface area (Å²) in [6, 6.07) is 10.1. The highest BCUT2D eigenvalue weighted by molar-refractivity contribution is 6.18. The van der Waals surface area contributed by atoms with Crippen LogP contribution in [0.5, 0.6) is 0 Å². The highest BCUT2D eigenvalue weighted by Gasteiger charge is 2.23. The van der Waals surface area contributed by atoms with E-state index in [1.165, 1.54) is 5.56 Å². The summed E-state index contributed by atoms with van der Waals surface area (Å²) >= 11 is 5.75. The van der Waals surface area contributed by atoms with Crippen LogP contribution in [0.4, 0.5) is 0 Å². The maximum Gasteiger partial charge on any atom is 0.0831 e. The second kappa shape index (κ2) is 6.39. The molecule has 0 saturated heterocycles. The third-order valence-corrected chi connectivity index (χ3v) is 2.86. The van der Waals surface area contributed by atoms with Crippen molar-refractivity contribution in [1.82, 2.24) is 5.32 Å². The largest absolute Gasteiger partial charge is 0.390 e. The summed E-state index contributed by atoms with van der Waals surface area (Å²) in [4.78, 5) is 0. The molecule has 0 aromatic heterocycles. The molecule has 0 radical (unpaired) electrons. The van der Waals surface area contributed by atoms with Crippen molar-refractivity contribution >= 4 is 11.6 Å². The summed E-state index contributed by atoms with van der Waals surface area (Å²) in [7, 11) is 0. The molecule has 17 heavy (non-hydrogen) atoms. The van der Waals surface area contributed by atoms with E-state index in [9.17, 15) is 5.11 Å². The summed E-state index contributed by atoms with van der Waals surface area (Å²) in [6.07, 6.45) is 0.252. The number of aliphatic hydroxyl groups excluding tert-OH is 1. The minimum Gasteiger partial charge on any atom is -0.390 e. The lowest BCUT2D eigenvalue weighted by molar-refractivity contribution is 0.131. The molecule has 0 amide bonds. The molecule has 0 saturated carbocycles. The predicted molar refractivity (Wildman–Crippen MR) is 73.5 cm³/mol. The van der Waals surface area contributed by atoms with Crippen LogP contribution in [0.2, 0.25) is 0 Å². The van der Waals surface area contributed by atoms with Crippen LogP contribution >= 0.6 is 11.6 Å². The van der Waals surface area contributed by atoms with E-state index in [0.29, 0.717) is 0 Å². The van der Waals surface area contributed by atoms with Gasteiger partial charge in [0, 0.05) is 17.5 Å². The SMILES string of the molecule is CC(C)(C)N[C@@H](Cc1ccccc1)[C@@H](O)CCl. The van der Waals surface area contributed by atoms with Crippen LogP contribution < -0.4 is 5.32 Å². The van der Waals surface area contributed by atoms with Gasteiger partial charge in [-0.2, -0.15) is 0 Å².